The second-order valence-electron chi connectivity index (χ2n) is 5.07. The molecule has 0 radical (unpaired) electrons. The van der Waals surface area contributed by atoms with Crippen molar-refractivity contribution in [3.05, 3.63) is 47.0 Å². The van der Waals surface area contributed by atoms with Crippen LogP contribution in [0.2, 0.25) is 0 Å². The van der Waals surface area contributed by atoms with E-state index in [1.54, 1.807) is 12.1 Å². The van der Waals surface area contributed by atoms with E-state index in [0.29, 0.717) is 30.9 Å². The van der Waals surface area contributed by atoms with Crippen LogP contribution in [0.25, 0.3) is 0 Å². The fourth-order valence-corrected chi connectivity index (χ4v) is 2.80. The summed E-state index contributed by atoms with van der Waals surface area (Å²) in [6.07, 6.45) is 3.93. The molecular weight excluding hydrogens is 272 g/mol. The second-order valence-corrected chi connectivity index (χ2v) is 5.07. The maximum absolute atomic E-state index is 12.1. The minimum atomic E-state index is -1.22. The zero-order chi connectivity index (χ0) is 15.0. The molecular formula is C14H14N4O3. The summed E-state index contributed by atoms with van der Waals surface area (Å²) in [5, 5.41) is 7.79. The average Bonchev–Trinajstić information content (AvgIpc) is 2.94. The Labute approximate surface area is 120 Å². The number of carbonyl (C=O) groups is 2. The minimum Gasteiger partial charge on any atom is -0.492 e. The molecule has 1 atom stereocenters. The Kier molecular flexibility index (Phi) is 2.97. The molecule has 0 saturated carbocycles. The van der Waals surface area contributed by atoms with Crippen molar-refractivity contribution in [2.24, 2.45) is 11.5 Å². The molecule has 1 aliphatic heterocycles. The predicted octanol–water partition coefficient (Wildman–Crippen LogP) is -0.310. The highest BCUT2D eigenvalue weighted by atomic mass is 16.5. The Balaban J connectivity index is 2.19. The summed E-state index contributed by atoms with van der Waals surface area (Å²) in [5.74, 6) is -0.776. The molecule has 1 unspecified atom stereocenters. The van der Waals surface area contributed by atoms with E-state index in [-0.39, 0.29) is 5.57 Å². The van der Waals surface area contributed by atoms with Crippen LogP contribution >= 0.6 is 0 Å². The fourth-order valence-electron chi connectivity index (χ4n) is 2.80. The zero-order valence-electron chi connectivity index (χ0n) is 11.2. The zero-order valence-corrected chi connectivity index (χ0v) is 11.2. The van der Waals surface area contributed by atoms with Crippen LogP contribution in [0, 0.1) is 0 Å². The van der Waals surface area contributed by atoms with Crippen LogP contribution in [0.15, 0.2) is 41.3 Å². The van der Waals surface area contributed by atoms with Gasteiger partial charge in [0.1, 0.15) is 11.2 Å². The number of amides is 2. The van der Waals surface area contributed by atoms with Crippen molar-refractivity contribution >= 4 is 11.8 Å². The van der Waals surface area contributed by atoms with Gasteiger partial charge in [-0.1, -0.05) is 0 Å². The van der Waals surface area contributed by atoms with Gasteiger partial charge >= 0.3 is 0 Å². The van der Waals surface area contributed by atoms with E-state index in [1.165, 1.54) is 12.3 Å². The first-order valence-corrected chi connectivity index (χ1v) is 6.50. The summed E-state index contributed by atoms with van der Waals surface area (Å²) >= 11 is 0. The van der Waals surface area contributed by atoms with Gasteiger partial charge in [0.2, 0.25) is 5.91 Å². The molecule has 1 aliphatic carbocycles. The molecule has 1 aromatic rings. The lowest BCUT2D eigenvalue weighted by Crippen LogP contribution is -2.43. The number of carbonyl (C=O) groups excluding carboxylic acids is 2. The molecule has 2 amide bonds. The molecule has 0 saturated heterocycles. The van der Waals surface area contributed by atoms with Crippen molar-refractivity contribution in [3.63, 3.8) is 0 Å². The third-order valence-corrected chi connectivity index (χ3v) is 3.83. The number of rotatable bonds is 3. The number of hydrogen-bond acceptors (Lipinski definition) is 5. The van der Waals surface area contributed by atoms with E-state index < -0.39 is 17.2 Å². The maximum atomic E-state index is 12.1. The van der Waals surface area contributed by atoms with Crippen LogP contribution in [-0.4, -0.2) is 28.6 Å². The van der Waals surface area contributed by atoms with E-state index in [1.807, 2.05) is 0 Å². The molecule has 21 heavy (non-hydrogen) atoms. The molecule has 0 bridgehead atoms. The highest BCUT2D eigenvalue weighted by molar-refractivity contribution is 6.00. The smallest absolute Gasteiger partial charge is 0.252 e. The van der Waals surface area contributed by atoms with E-state index in [9.17, 15) is 9.59 Å². The highest BCUT2D eigenvalue weighted by Gasteiger charge is 2.45. The first-order chi connectivity index (χ1) is 10.0. The third-order valence-electron chi connectivity index (χ3n) is 3.83. The molecule has 7 nitrogen and oxygen atoms in total. The lowest BCUT2D eigenvalue weighted by atomic mass is 9.72. The summed E-state index contributed by atoms with van der Waals surface area (Å²) in [5.41, 5.74) is 11.2. The van der Waals surface area contributed by atoms with Crippen LogP contribution in [0.1, 0.15) is 18.5 Å². The molecule has 2 heterocycles. The molecule has 4 N–H and O–H groups in total. The van der Waals surface area contributed by atoms with Gasteiger partial charge in [-0.05, 0) is 30.2 Å². The number of nitrogens with two attached hydrogens (primary N) is 2. The Hall–Kier alpha value is -2.70. The van der Waals surface area contributed by atoms with Crippen molar-refractivity contribution in [3.8, 4) is 0 Å². The van der Waals surface area contributed by atoms with Crippen molar-refractivity contribution in [1.82, 2.24) is 10.2 Å². The molecule has 0 fully saturated rings. The fraction of sp³-hybridized carbons (Fsp3) is 0.286. The normalized spacial score (nSPS) is 24.1. The summed E-state index contributed by atoms with van der Waals surface area (Å²) in [7, 11) is 0. The topological polar surface area (TPSA) is 121 Å². The summed E-state index contributed by atoms with van der Waals surface area (Å²) in [4.78, 5) is 23.8. The monoisotopic (exact) mass is 286 g/mol. The highest BCUT2D eigenvalue weighted by Crippen LogP contribution is 2.43. The van der Waals surface area contributed by atoms with Gasteiger partial charge in [-0.3, -0.25) is 9.59 Å². The Morgan fingerprint density at radius 1 is 1.33 bits per heavy atom. The van der Waals surface area contributed by atoms with Gasteiger partial charge in [-0.15, -0.1) is 0 Å². The summed E-state index contributed by atoms with van der Waals surface area (Å²) in [6.45, 7) is 0.463. The van der Waals surface area contributed by atoms with Crippen LogP contribution in [0.5, 0.6) is 0 Å². The van der Waals surface area contributed by atoms with E-state index in [0.717, 1.165) is 5.57 Å². The number of ether oxygens (including phenoxy) is 1. The van der Waals surface area contributed by atoms with E-state index in [4.69, 9.17) is 16.2 Å². The quantitative estimate of drug-likeness (QED) is 0.789. The SMILES string of the molecule is NC(=O)C1=CC(C(N)=O)(c2cccnn2)CC2=C1OCC2. The second kappa shape index (κ2) is 4.69. The standard InChI is InChI=1S/C14H14N4O3/c15-12(19)9-7-14(13(16)20,10-2-1-4-17-18-10)6-8-3-5-21-11(8)9/h1-2,4,7H,3,5-6H2,(H2,15,19)(H2,16,20). The van der Waals surface area contributed by atoms with Gasteiger partial charge in [0.15, 0.2) is 0 Å². The lowest BCUT2D eigenvalue weighted by Gasteiger charge is -2.31. The Morgan fingerprint density at radius 2 is 2.14 bits per heavy atom. The van der Waals surface area contributed by atoms with Gasteiger partial charge < -0.3 is 16.2 Å². The maximum Gasteiger partial charge on any atom is 0.252 e. The van der Waals surface area contributed by atoms with Gasteiger partial charge in [0.05, 0.1) is 17.9 Å². The number of hydrogen-bond donors (Lipinski definition) is 2. The predicted molar refractivity (Wildman–Crippen MR) is 72.4 cm³/mol. The number of primary amides is 2. The number of nitrogens with zero attached hydrogens (tertiary/aromatic N) is 2. The minimum absolute atomic E-state index is 0.179. The van der Waals surface area contributed by atoms with Gasteiger partial charge in [-0.2, -0.15) is 10.2 Å². The van der Waals surface area contributed by atoms with Crippen molar-refractivity contribution < 1.29 is 14.3 Å². The molecule has 3 rings (SSSR count). The molecule has 7 heteroatoms. The summed E-state index contributed by atoms with van der Waals surface area (Å²) < 4.78 is 5.46. The first-order valence-electron chi connectivity index (χ1n) is 6.50. The summed E-state index contributed by atoms with van der Waals surface area (Å²) in [6, 6.07) is 3.33. The van der Waals surface area contributed by atoms with E-state index >= 15 is 0 Å². The largest absolute Gasteiger partial charge is 0.492 e. The molecule has 2 aliphatic rings. The van der Waals surface area contributed by atoms with Gasteiger partial charge in [0.25, 0.3) is 5.91 Å². The van der Waals surface area contributed by atoms with Crippen molar-refractivity contribution in [2.75, 3.05) is 6.61 Å². The number of aromatic nitrogens is 2. The van der Waals surface area contributed by atoms with Crippen molar-refractivity contribution in [1.29, 1.82) is 0 Å². The Bertz CT molecular complexity index is 681. The van der Waals surface area contributed by atoms with Crippen LogP contribution in [0.4, 0.5) is 0 Å². The van der Waals surface area contributed by atoms with Gasteiger partial charge in [0, 0.05) is 12.6 Å². The first kappa shape index (κ1) is 13.3. The van der Waals surface area contributed by atoms with Crippen molar-refractivity contribution in [2.45, 2.75) is 18.3 Å². The third kappa shape index (κ3) is 1.97. The average molecular weight is 286 g/mol. The van der Waals surface area contributed by atoms with Crippen LogP contribution in [0.3, 0.4) is 0 Å². The molecule has 0 spiro atoms. The van der Waals surface area contributed by atoms with Crippen LogP contribution in [-0.2, 0) is 19.7 Å². The Morgan fingerprint density at radius 3 is 2.76 bits per heavy atom. The van der Waals surface area contributed by atoms with Gasteiger partial charge in [-0.25, -0.2) is 0 Å². The van der Waals surface area contributed by atoms with E-state index in [2.05, 4.69) is 10.2 Å². The molecule has 1 aromatic heterocycles. The van der Waals surface area contributed by atoms with Crippen LogP contribution < -0.4 is 11.5 Å². The lowest BCUT2D eigenvalue weighted by molar-refractivity contribution is -0.122. The molecule has 0 aromatic carbocycles. The molecule has 108 valence electrons.